The van der Waals surface area contributed by atoms with Gasteiger partial charge in [-0.25, -0.2) is 0 Å². The number of amides is 1. The first-order valence-electron chi connectivity index (χ1n) is 25.6. The highest BCUT2D eigenvalue weighted by atomic mass is 16.7. The molecule has 0 aromatic rings. The summed E-state index contributed by atoms with van der Waals surface area (Å²) in [6, 6.07) is -0.715. The molecule has 1 amide bonds. The van der Waals surface area contributed by atoms with Gasteiger partial charge in [0.05, 0.1) is 25.4 Å². The quantitative estimate of drug-likeness (QED) is 0.0262. The van der Waals surface area contributed by atoms with Gasteiger partial charge >= 0.3 is 0 Å². The average Bonchev–Trinajstić information content (AvgIpc) is 3.28. The summed E-state index contributed by atoms with van der Waals surface area (Å²) in [7, 11) is 0. The van der Waals surface area contributed by atoms with Gasteiger partial charge in [0.1, 0.15) is 24.4 Å². The highest BCUT2D eigenvalue weighted by Crippen LogP contribution is 2.23. The Kier molecular flexibility index (Phi) is 40.5. The third-order valence-electron chi connectivity index (χ3n) is 11.8. The van der Waals surface area contributed by atoms with E-state index in [9.17, 15) is 30.3 Å². The zero-order valence-corrected chi connectivity index (χ0v) is 40.1. The van der Waals surface area contributed by atoms with Crippen LogP contribution in [0.5, 0.6) is 0 Å². The standard InChI is InChI=1S/C54H95NO8/c1-3-5-7-8-9-10-11-12-13-14-15-16-17-18-19-20-21-22-23-24-25-26-27-28-29-30-31-32-33-34-35-36-37-38-39-40-42-44-50(58)55-47(48(57)43-41-6-4-2)46-62-54-53(61)52(60)51(59)49(45-56)63-54/h5,7,9-10,12-13,15-16,18-19,21-22,47-49,51-54,56-57,59-61H,3-4,6,8,11,14,17,20,23-46H2,1-2H3,(H,55,58)/b7-5-,10-9-,13-12-,16-15-,19-18-,22-21-. The molecule has 9 heteroatoms. The van der Waals surface area contributed by atoms with Gasteiger partial charge in [-0.05, 0) is 64.2 Å². The van der Waals surface area contributed by atoms with Crippen LogP contribution in [0.25, 0.3) is 0 Å². The maximum Gasteiger partial charge on any atom is 0.220 e. The van der Waals surface area contributed by atoms with Gasteiger partial charge in [0, 0.05) is 6.42 Å². The molecule has 1 aliphatic rings. The molecule has 0 aliphatic carbocycles. The fourth-order valence-electron chi connectivity index (χ4n) is 7.75. The van der Waals surface area contributed by atoms with E-state index in [0.29, 0.717) is 12.8 Å². The molecule has 1 fully saturated rings. The van der Waals surface area contributed by atoms with Gasteiger partial charge in [-0.1, -0.05) is 209 Å². The molecule has 6 N–H and O–H groups in total. The summed E-state index contributed by atoms with van der Waals surface area (Å²) in [5.74, 6) is -0.157. The third-order valence-corrected chi connectivity index (χ3v) is 11.8. The van der Waals surface area contributed by atoms with E-state index in [4.69, 9.17) is 9.47 Å². The molecule has 0 radical (unpaired) electrons. The SMILES string of the molecule is CC/C=C\C/C=C\C/C=C\C/C=C\C/C=C\C/C=C\CCCCCCCCCCCCCCCCCCCCC(=O)NC(COC1OC(CO)C(O)C(O)C1O)C(O)CCCCC. The molecule has 7 unspecified atom stereocenters. The lowest BCUT2D eigenvalue weighted by atomic mass is 9.99. The summed E-state index contributed by atoms with van der Waals surface area (Å²) < 4.78 is 11.1. The topological polar surface area (TPSA) is 149 Å². The molecule has 1 rings (SSSR count). The number of hydrogen-bond donors (Lipinski definition) is 6. The van der Waals surface area contributed by atoms with Crippen LogP contribution in [0.3, 0.4) is 0 Å². The Morgan fingerprint density at radius 1 is 0.556 bits per heavy atom. The van der Waals surface area contributed by atoms with Crippen LogP contribution in [-0.4, -0.2) is 87.5 Å². The number of nitrogens with one attached hydrogen (secondary N) is 1. The lowest BCUT2D eigenvalue weighted by Gasteiger charge is -2.40. The first-order valence-corrected chi connectivity index (χ1v) is 25.6. The van der Waals surface area contributed by atoms with Crippen LogP contribution in [0, 0.1) is 0 Å². The van der Waals surface area contributed by atoms with Crippen molar-refractivity contribution >= 4 is 5.91 Å². The maximum absolute atomic E-state index is 12.8. The summed E-state index contributed by atoms with van der Waals surface area (Å²) in [5.41, 5.74) is 0. The normalized spacial score (nSPS) is 20.8. The Morgan fingerprint density at radius 3 is 1.43 bits per heavy atom. The summed E-state index contributed by atoms with van der Waals surface area (Å²) in [4.78, 5) is 12.8. The van der Waals surface area contributed by atoms with Crippen molar-refractivity contribution in [1.29, 1.82) is 0 Å². The lowest BCUT2D eigenvalue weighted by molar-refractivity contribution is -0.302. The Morgan fingerprint density at radius 2 is 0.984 bits per heavy atom. The molecule has 0 saturated carbocycles. The van der Waals surface area contributed by atoms with Crippen LogP contribution in [-0.2, 0) is 14.3 Å². The minimum Gasteiger partial charge on any atom is -0.394 e. The van der Waals surface area contributed by atoms with E-state index in [1.54, 1.807) is 0 Å². The number of ether oxygens (including phenoxy) is 2. The van der Waals surface area contributed by atoms with Crippen LogP contribution >= 0.6 is 0 Å². The van der Waals surface area contributed by atoms with Crippen molar-refractivity contribution in [3.05, 3.63) is 72.9 Å². The zero-order chi connectivity index (χ0) is 45.9. The number of aliphatic hydroxyl groups excluding tert-OH is 5. The Hall–Kier alpha value is -2.37. The summed E-state index contributed by atoms with van der Waals surface area (Å²) >= 11 is 0. The van der Waals surface area contributed by atoms with Crippen molar-refractivity contribution in [3.63, 3.8) is 0 Å². The smallest absolute Gasteiger partial charge is 0.220 e. The molecule has 63 heavy (non-hydrogen) atoms. The molecule has 364 valence electrons. The molecular formula is C54H95NO8. The number of rotatable bonds is 42. The molecule has 9 nitrogen and oxygen atoms in total. The lowest BCUT2D eigenvalue weighted by Crippen LogP contribution is -2.60. The van der Waals surface area contributed by atoms with Crippen molar-refractivity contribution in [2.45, 2.75) is 249 Å². The van der Waals surface area contributed by atoms with E-state index in [1.165, 1.54) is 103 Å². The molecule has 0 aromatic heterocycles. The molecule has 7 atom stereocenters. The molecule has 1 heterocycles. The van der Waals surface area contributed by atoms with Gasteiger partial charge in [0.25, 0.3) is 0 Å². The predicted molar refractivity (Wildman–Crippen MR) is 262 cm³/mol. The van der Waals surface area contributed by atoms with Crippen molar-refractivity contribution < 1.29 is 39.8 Å². The van der Waals surface area contributed by atoms with Gasteiger partial charge in [-0.15, -0.1) is 0 Å². The van der Waals surface area contributed by atoms with Crippen LogP contribution in [0.2, 0.25) is 0 Å². The number of carbonyl (C=O) groups excluding carboxylic acids is 1. The maximum atomic E-state index is 12.8. The average molecular weight is 886 g/mol. The Bertz CT molecular complexity index is 1210. The van der Waals surface area contributed by atoms with Crippen molar-refractivity contribution in [1.82, 2.24) is 5.32 Å². The third kappa shape index (κ3) is 33.7. The number of unbranched alkanes of at least 4 members (excludes halogenated alkanes) is 20. The van der Waals surface area contributed by atoms with Gasteiger partial charge in [-0.3, -0.25) is 4.79 Å². The number of carbonyl (C=O) groups is 1. The van der Waals surface area contributed by atoms with Gasteiger partial charge < -0.3 is 40.3 Å². The fraction of sp³-hybridized carbons (Fsp3) is 0.759. The fourth-order valence-corrected chi connectivity index (χ4v) is 7.75. The first kappa shape index (κ1) is 58.6. The van der Waals surface area contributed by atoms with Crippen LogP contribution < -0.4 is 5.32 Å². The Labute approximate surface area is 385 Å². The van der Waals surface area contributed by atoms with E-state index in [2.05, 4.69) is 92.1 Å². The second kappa shape index (κ2) is 43.5. The summed E-state index contributed by atoms with van der Waals surface area (Å²) in [6.45, 7) is 3.54. The second-order valence-electron chi connectivity index (χ2n) is 17.6. The molecule has 0 bridgehead atoms. The van der Waals surface area contributed by atoms with Crippen LogP contribution in [0.15, 0.2) is 72.9 Å². The minimum absolute atomic E-state index is 0.143. The van der Waals surface area contributed by atoms with E-state index >= 15 is 0 Å². The first-order chi connectivity index (χ1) is 30.8. The van der Waals surface area contributed by atoms with Gasteiger partial charge in [-0.2, -0.15) is 0 Å². The van der Waals surface area contributed by atoms with Crippen molar-refractivity contribution in [2.24, 2.45) is 0 Å². The number of hydrogen-bond acceptors (Lipinski definition) is 8. The van der Waals surface area contributed by atoms with E-state index in [1.807, 2.05) is 0 Å². The highest BCUT2D eigenvalue weighted by Gasteiger charge is 2.44. The largest absolute Gasteiger partial charge is 0.394 e. The summed E-state index contributed by atoms with van der Waals surface area (Å²) in [5, 5.41) is 53.6. The van der Waals surface area contributed by atoms with Crippen LogP contribution in [0.4, 0.5) is 0 Å². The van der Waals surface area contributed by atoms with Gasteiger partial charge in [0.2, 0.25) is 5.91 Å². The monoisotopic (exact) mass is 886 g/mol. The van der Waals surface area contributed by atoms with Gasteiger partial charge in [0.15, 0.2) is 6.29 Å². The van der Waals surface area contributed by atoms with E-state index < -0.39 is 49.5 Å². The minimum atomic E-state index is -1.55. The second-order valence-corrected chi connectivity index (χ2v) is 17.6. The molecule has 0 spiro atoms. The molecular weight excluding hydrogens is 791 g/mol. The van der Waals surface area contributed by atoms with E-state index in [-0.39, 0.29) is 12.5 Å². The zero-order valence-electron chi connectivity index (χ0n) is 40.1. The van der Waals surface area contributed by atoms with Crippen LogP contribution in [0.1, 0.15) is 206 Å². The number of aliphatic hydroxyl groups is 5. The highest BCUT2D eigenvalue weighted by molar-refractivity contribution is 5.76. The molecule has 0 aromatic carbocycles. The van der Waals surface area contributed by atoms with Crippen molar-refractivity contribution in [2.75, 3.05) is 13.2 Å². The molecule has 1 aliphatic heterocycles. The molecule has 1 saturated heterocycles. The Balaban J connectivity index is 1.95. The predicted octanol–water partition coefficient (Wildman–Crippen LogP) is 11.7. The van der Waals surface area contributed by atoms with E-state index in [0.717, 1.165) is 77.0 Å². The summed E-state index contributed by atoms with van der Waals surface area (Å²) in [6.07, 6.45) is 53.3. The van der Waals surface area contributed by atoms with Crippen molar-refractivity contribution in [3.8, 4) is 0 Å². The number of allylic oxidation sites excluding steroid dienone is 12.